The number of rotatable bonds is 7. The van der Waals surface area contributed by atoms with Crippen LogP contribution in [-0.4, -0.2) is 61.1 Å². The largest absolute Gasteiger partial charge is 0.355 e. The first-order valence-corrected chi connectivity index (χ1v) is 8.68. The molecule has 0 radical (unpaired) electrons. The number of aliphatic imine (C=N–C) groups is 1. The summed E-state index contributed by atoms with van der Waals surface area (Å²) in [6.45, 7) is 6.58. The van der Waals surface area contributed by atoms with Gasteiger partial charge in [-0.15, -0.1) is 0 Å². The predicted octanol–water partition coefficient (Wildman–Crippen LogP) is 1.53. The van der Waals surface area contributed by atoms with Crippen LogP contribution in [0, 0.1) is 0 Å². The summed E-state index contributed by atoms with van der Waals surface area (Å²) in [6.07, 6.45) is 5.50. The number of hydrogen-bond donors (Lipinski definition) is 2. The van der Waals surface area contributed by atoms with E-state index in [9.17, 15) is 0 Å². The van der Waals surface area contributed by atoms with Crippen LogP contribution in [0.25, 0.3) is 0 Å². The molecule has 0 aromatic heterocycles. The molecule has 0 aromatic rings. The van der Waals surface area contributed by atoms with E-state index in [0.717, 1.165) is 43.4 Å². The van der Waals surface area contributed by atoms with E-state index in [-0.39, 0.29) is 0 Å². The van der Waals surface area contributed by atoms with Crippen molar-refractivity contribution in [3.63, 3.8) is 0 Å². The summed E-state index contributed by atoms with van der Waals surface area (Å²) in [7, 11) is 1.86. The van der Waals surface area contributed by atoms with Gasteiger partial charge in [-0.1, -0.05) is 6.92 Å². The van der Waals surface area contributed by atoms with E-state index in [4.69, 9.17) is 0 Å². The van der Waals surface area contributed by atoms with Crippen molar-refractivity contribution in [3.05, 3.63) is 0 Å². The Kier molecular flexibility index (Phi) is 6.31. The standard InChI is InChI=1S/C14H28N4S/c1-3-18(12-6-7-12)9-8-16-14(15-2)17-11-13-5-4-10-19-13/h12-13H,3-11H2,1-2H3,(H2,15,16,17). The first-order chi connectivity index (χ1) is 9.33. The Balaban J connectivity index is 1.59. The van der Waals surface area contributed by atoms with E-state index in [2.05, 4.69) is 39.2 Å². The highest BCUT2D eigenvalue weighted by Gasteiger charge is 2.27. The molecule has 2 fully saturated rings. The normalized spacial score (nSPS) is 23.9. The number of nitrogens with one attached hydrogen (secondary N) is 2. The fourth-order valence-electron chi connectivity index (χ4n) is 2.59. The van der Waals surface area contributed by atoms with E-state index in [1.165, 1.54) is 31.4 Å². The molecule has 5 heteroatoms. The maximum absolute atomic E-state index is 4.30. The number of thioether (sulfide) groups is 1. The average molecular weight is 284 g/mol. The molecule has 2 aliphatic rings. The molecule has 0 bridgehead atoms. The van der Waals surface area contributed by atoms with E-state index >= 15 is 0 Å². The van der Waals surface area contributed by atoms with Crippen LogP contribution in [0.15, 0.2) is 4.99 Å². The van der Waals surface area contributed by atoms with Crippen LogP contribution in [0.3, 0.4) is 0 Å². The molecule has 1 saturated heterocycles. The molecule has 2 rings (SSSR count). The fraction of sp³-hybridized carbons (Fsp3) is 0.929. The summed E-state index contributed by atoms with van der Waals surface area (Å²) in [6, 6.07) is 0.858. The first-order valence-electron chi connectivity index (χ1n) is 7.63. The van der Waals surface area contributed by atoms with Gasteiger partial charge in [0.1, 0.15) is 0 Å². The van der Waals surface area contributed by atoms with Crippen molar-refractivity contribution in [2.45, 2.75) is 43.9 Å². The topological polar surface area (TPSA) is 39.7 Å². The number of guanidine groups is 1. The van der Waals surface area contributed by atoms with Gasteiger partial charge in [-0.25, -0.2) is 0 Å². The van der Waals surface area contributed by atoms with Gasteiger partial charge in [-0.05, 0) is 38.0 Å². The smallest absolute Gasteiger partial charge is 0.191 e. The van der Waals surface area contributed by atoms with Gasteiger partial charge < -0.3 is 10.6 Å². The van der Waals surface area contributed by atoms with Crippen molar-refractivity contribution in [2.75, 3.05) is 39.0 Å². The molecule has 1 saturated carbocycles. The molecule has 0 amide bonds. The zero-order chi connectivity index (χ0) is 13.5. The van der Waals surface area contributed by atoms with Gasteiger partial charge in [0.2, 0.25) is 0 Å². The number of nitrogens with zero attached hydrogens (tertiary/aromatic N) is 2. The molecule has 1 aliphatic heterocycles. The summed E-state index contributed by atoms with van der Waals surface area (Å²) in [4.78, 5) is 6.86. The second kappa shape index (κ2) is 8.00. The number of hydrogen-bond acceptors (Lipinski definition) is 3. The van der Waals surface area contributed by atoms with Crippen LogP contribution in [-0.2, 0) is 0 Å². The van der Waals surface area contributed by atoms with Gasteiger partial charge in [-0.2, -0.15) is 11.8 Å². The van der Waals surface area contributed by atoms with Crippen molar-refractivity contribution in [1.82, 2.24) is 15.5 Å². The Morgan fingerprint density at radius 2 is 2.16 bits per heavy atom. The summed E-state index contributed by atoms with van der Waals surface area (Å²) in [5.74, 6) is 2.28. The van der Waals surface area contributed by atoms with Crippen LogP contribution in [0.1, 0.15) is 32.6 Å². The van der Waals surface area contributed by atoms with Gasteiger partial charge in [0.15, 0.2) is 5.96 Å². The highest BCUT2D eigenvalue weighted by Crippen LogP contribution is 2.26. The number of likely N-dealkylation sites (N-methyl/N-ethyl adjacent to an activating group) is 1. The molecular formula is C14H28N4S. The Morgan fingerprint density at radius 3 is 2.74 bits per heavy atom. The molecule has 1 unspecified atom stereocenters. The van der Waals surface area contributed by atoms with Crippen LogP contribution in [0.4, 0.5) is 0 Å². The van der Waals surface area contributed by atoms with E-state index < -0.39 is 0 Å². The van der Waals surface area contributed by atoms with Crippen molar-refractivity contribution >= 4 is 17.7 Å². The lowest BCUT2D eigenvalue weighted by atomic mass is 10.2. The summed E-state index contributed by atoms with van der Waals surface area (Å²) in [5, 5.41) is 7.65. The van der Waals surface area contributed by atoms with Crippen molar-refractivity contribution < 1.29 is 0 Å². The molecule has 1 heterocycles. The van der Waals surface area contributed by atoms with Crippen LogP contribution in [0.2, 0.25) is 0 Å². The molecule has 110 valence electrons. The average Bonchev–Trinajstić information content (AvgIpc) is 3.14. The summed E-state index contributed by atoms with van der Waals surface area (Å²) >= 11 is 2.09. The van der Waals surface area contributed by atoms with Crippen molar-refractivity contribution in [2.24, 2.45) is 4.99 Å². The predicted molar refractivity (Wildman–Crippen MR) is 85.1 cm³/mol. The summed E-state index contributed by atoms with van der Waals surface area (Å²) in [5.41, 5.74) is 0. The van der Waals surface area contributed by atoms with Gasteiger partial charge in [0, 0.05) is 38.0 Å². The van der Waals surface area contributed by atoms with Crippen molar-refractivity contribution in [3.8, 4) is 0 Å². The van der Waals surface area contributed by atoms with Crippen LogP contribution >= 0.6 is 11.8 Å². The van der Waals surface area contributed by atoms with Gasteiger partial charge >= 0.3 is 0 Å². The molecule has 1 atom stereocenters. The third-order valence-corrected chi connectivity index (χ3v) is 5.30. The minimum Gasteiger partial charge on any atom is -0.355 e. The zero-order valence-corrected chi connectivity index (χ0v) is 13.1. The lowest BCUT2D eigenvalue weighted by Gasteiger charge is -2.21. The van der Waals surface area contributed by atoms with Gasteiger partial charge in [-0.3, -0.25) is 9.89 Å². The molecular weight excluding hydrogens is 256 g/mol. The first kappa shape index (κ1) is 15.0. The maximum atomic E-state index is 4.30. The molecule has 2 N–H and O–H groups in total. The Morgan fingerprint density at radius 1 is 1.32 bits per heavy atom. The fourth-order valence-corrected chi connectivity index (χ4v) is 3.79. The van der Waals surface area contributed by atoms with Crippen LogP contribution in [0.5, 0.6) is 0 Å². The lowest BCUT2D eigenvalue weighted by molar-refractivity contribution is 0.282. The quantitative estimate of drug-likeness (QED) is 0.549. The van der Waals surface area contributed by atoms with E-state index in [1.54, 1.807) is 0 Å². The minimum absolute atomic E-state index is 0.775. The monoisotopic (exact) mass is 284 g/mol. The van der Waals surface area contributed by atoms with E-state index in [1.807, 2.05) is 7.05 Å². The highest BCUT2D eigenvalue weighted by molar-refractivity contribution is 8.00. The van der Waals surface area contributed by atoms with Gasteiger partial charge in [0.25, 0.3) is 0 Å². The van der Waals surface area contributed by atoms with Crippen molar-refractivity contribution in [1.29, 1.82) is 0 Å². The minimum atomic E-state index is 0.775. The molecule has 0 spiro atoms. The second-order valence-electron chi connectivity index (χ2n) is 5.37. The summed E-state index contributed by atoms with van der Waals surface area (Å²) < 4.78 is 0. The molecule has 4 nitrogen and oxygen atoms in total. The van der Waals surface area contributed by atoms with E-state index in [0.29, 0.717) is 0 Å². The second-order valence-corrected chi connectivity index (χ2v) is 6.78. The highest BCUT2D eigenvalue weighted by atomic mass is 32.2. The van der Waals surface area contributed by atoms with Crippen LogP contribution < -0.4 is 10.6 Å². The Bertz CT molecular complexity index is 285. The van der Waals surface area contributed by atoms with Gasteiger partial charge in [0.05, 0.1) is 0 Å². The lowest BCUT2D eigenvalue weighted by Crippen LogP contribution is -2.43. The zero-order valence-electron chi connectivity index (χ0n) is 12.3. The molecule has 0 aromatic carbocycles. The Labute approximate surface area is 121 Å². The maximum Gasteiger partial charge on any atom is 0.191 e. The molecule has 19 heavy (non-hydrogen) atoms. The third-order valence-electron chi connectivity index (χ3n) is 3.91. The third kappa shape index (κ3) is 5.22. The Hall–Kier alpha value is -0.420. The SMILES string of the molecule is CCN(CCNC(=NC)NCC1CCCS1)C1CC1. The molecule has 1 aliphatic carbocycles.